The van der Waals surface area contributed by atoms with Gasteiger partial charge in [-0.1, -0.05) is 6.92 Å². The lowest BCUT2D eigenvalue weighted by Crippen LogP contribution is -2.45. The summed E-state index contributed by atoms with van der Waals surface area (Å²) < 4.78 is 25.4. The molecule has 2 rings (SSSR count). The topological polar surface area (TPSA) is 54.5 Å². The molecule has 15 heavy (non-hydrogen) atoms. The van der Waals surface area contributed by atoms with E-state index in [0.29, 0.717) is 19.5 Å². The highest BCUT2D eigenvalue weighted by molar-refractivity contribution is 7.90. The minimum Gasteiger partial charge on any atom is -0.299 e. The van der Waals surface area contributed by atoms with Gasteiger partial charge in [-0.05, 0) is 19.3 Å². The van der Waals surface area contributed by atoms with Gasteiger partial charge < -0.3 is 0 Å². The third-order valence-electron chi connectivity index (χ3n) is 3.29. The van der Waals surface area contributed by atoms with Gasteiger partial charge in [-0.2, -0.15) is 0 Å². The van der Waals surface area contributed by atoms with Crippen molar-refractivity contribution in [1.29, 1.82) is 0 Å². The average Bonchev–Trinajstić information content (AvgIpc) is 3.01. The Bertz CT molecular complexity index is 359. The Balaban J connectivity index is 2.08. The van der Waals surface area contributed by atoms with Crippen LogP contribution in [0, 0.1) is 5.92 Å². The van der Waals surface area contributed by atoms with Crippen molar-refractivity contribution >= 4 is 15.8 Å². The average molecular weight is 231 g/mol. The third kappa shape index (κ3) is 2.08. The summed E-state index contributed by atoms with van der Waals surface area (Å²) in [7, 11) is -3.07. The molecule has 0 spiro atoms. The van der Waals surface area contributed by atoms with Crippen LogP contribution in [0.25, 0.3) is 0 Å². The highest BCUT2D eigenvalue weighted by Crippen LogP contribution is 2.32. The van der Waals surface area contributed by atoms with E-state index in [1.54, 1.807) is 0 Å². The second-order valence-electron chi connectivity index (χ2n) is 4.42. The number of ketones is 1. The molecule has 1 saturated heterocycles. The lowest BCUT2D eigenvalue weighted by atomic mass is 9.96. The molecule has 0 aromatic rings. The lowest BCUT2D eigenvalue weighted by Gasteiger charge is -2.30. The maximum Gasteiger partial charge on any atom is 0.217 e. The van der Waals surface area contributed by atoms with Crippen LogP contribution in [0.15, 0.2) is 0 Å². The Morgan fingerprint density at radius 2 is 2.07 bits per heavy atom. The van der Waals surface area contributed by atoms with Gasteiger partial charge in [0.2, 0.25) is 10.0 Å². The van der Waals surface area contributed by atoms with Crippen LogP contribution in [0.4, 0.5) is 0 Å². The van der Waals surface area contributed by atoms with Gasteiger partial charge in [0.1, 0.15) is 5.78 Å². The minimum atomic E-state index is -3.07. The van der Waals surface area contributed by atoms with Crippen molar-refractivity contribution in [3.8, 4) is 0 Å². The molecule has 86 valence electrons. The summed E-state index contributed by atoms with van der Waals surface area (Å²) >= 11 is 0. The molecule has 1 aliphatic heterocycles. The zero-order chi connectivity index (χ0) is 11.1. The normalized spacial score (nSPS) is 29.4. The standard InChI is InChI=1S/C10H17NO3S/c1-2-8-7-11(6-5-10(8)12)15(13,14)9-3-4-9/h8-9H,2-7H2,1H3. The van der Waals surface area contributed by atoms with E-state index in [9.17, 15) is 13.2 Å². The Morgan fingerprint density at radius 1 is 1.40 bits per heavy atom. The second kappa shape index (κ2) is 3.87. The summed E-state index contributed by atoms with van der Waals surface area (Å²) in [4.78, 5) is 11.5. The maximum absolute atomic E-state index is 11.9. The molecule has 2 fully saturated rings. The third-order valence-corrected chi connectivity index (χ3v) is 5.65. The van der Waals surface area contributed by atoms with Crippen molar-refractivity contribution in [3.05, 3.63) is 0 Å². The Morgan fingerprint density at radius 3 is 2.60 bits per heavy atom. The van der Waals surface area contributed by atoms with E-state index in [1.807, 2.05) is 6.92 Å². The van der Waals surface area contributed by atoms with Gasteiger partial charge in [-0.3, -0.25) is 4.79 Å². The Kier molecular flexibility index (Phi) is 2.85. The Labute approximate surface area is 90.7 Å². The van der Waals surface area contributed by atoms with E-state index in [1.165, 1.54) is 4.31 Å². The molecule has 0 bridgehead atoms. The molecule has 2 aliphatic rings. The number of carbonyl (C=O) groups is 1. The summed E-state index contributed by atoms with van der Waals surface area (Å²) in [5, 5.41) is -0.150. The first-order chi connectivity index (χ1) is 7.05. The number of hydrogen-bond acceptors (Lipinski definition) is 3. The molecule has 4 nitrogen and oxygen atoms in total. The van der Waals surface area contributed by atoms with Crippen molar-refractivity contribution in [1.82, 2.24) is 4.31 Å². The molecular formula is C10H17NO3S. The van der Waals surface area contributed by atoms with Crippen LogP contribution in [0.1, 0.15) is 32.6 Å². The Hall–Kier alpha value is -0.420. The van der Waals surface area contributed by atoms with E-state index in [2.05, 4.69) is 0 Å². The largest absolute Gasteiger partial charge is 0.299 e. The number of carbonyl (C=O) groups excluding carboxylic acids is 1. The number of Topliss-reactive ketones (excluding diaryl/α,β-unsaturated/α-hetero) is 1. The van der Waals surface area contributed by atoms with Gasteiger partial charge in [0.25, 0.3) is 0 Å². The molecular weight excluding hydrogens is 214 g/mol. The zero-order valence-corrected chi connectivity index (χ0v) is 9.79. The summed E-state index contributed by atoms with van der Waals surface area (Å²) in [6.45, 7) is 2.75. The van der Waals surface area contributed by atoms with Crippen LogP contribution in [0.5, 0.6) is 0 Å². The SMILES string of the molecule is CCC1CN(S(=O)(=O)C2CC2)CCC1=O. The molecule has 0 amide bonds. The highest BCUT2D eigenvalue weighted by atomic mass is 32.2. The molecule has 0 aromatic carbocycles. The van der Waals surface area contributed by atoms with Gasteiger partial charge >= 0.3 is 0 Å². The monoisotopic (exact) mass is 231 g/mol. The van der Waals surface area contributed by atoms with Crippen molar-refractivity contribution in [2.45, 2.75) is 37.9 Å². The fourth-order valence-corrected chi connectivity index (χ4v) is 3.93. The van der Waals surface area contributed by atoms with Crippen molar-refractivity contribution < 1.29 is 13.2 Å². The number of sulfonamides is 1. The van der Waals surface area contributed by atoms with E-state index >= 15 is 0 Å². The first-order valence-electron chi connectivity index (χ1n) is 5.57. The van der Waals surface area contributed by atoms with E-state index < -0.39 is 10.0 Å². The minimum absolute atomic E-state index is 0.0766. The number of piperidine rings is 1. The number of hydrogen-bond donors (Lipinski definition) is 0. The second-order valence-corrected chi connectivity index (χ2v) is 6.64. The summed E-state index contributed by atoms with van der Waals surface area (Å²) in [5.41, 5.74) is 0. The first kappa shape index (κ1) is 11.1. The molecule has 1 aliphatic carbocycles. The van der Waals surface area contributed by atoms with Gasteiger partial charge in [-0.15, -0.1) is 0 Å². The molecule has 1 saturated carbocycles. The zero-order valence-electron chi connectivity index (χ0n) is 8.98. The molecule has 1 heterocycles. The van der Waals surface area contributed by atoms with Crippen LogP contribution in [0.3, 0.4) is 0 Å². The van der Waals surface area contributed by atoms with Gasteiger partial charge in [0, 0.05) is 25.4 Å². The van der Waals surface area contributed by atoms with Crippen molar-refractivity contribution in [3.63, 3.8) is 0 Å². The smallest absolute Gasteiger partial charge is 0.217 e. The van der Waals surface area contributed by atoms with Crippen LogP contribution in [-0.2, 0) is 14.8 Å². The fraction of sp³-hybridized carbons (Fsp3) is 0.900. The van der Waals surface area contributed by atoms with Crippen LogP contribution in [0.2, 0.25) is 0 Å². The molecule has 1 atom stereocenters. The van der Waals surface area contributed by atoms with E-state index in [4.69, 9.17) is 0 Å². The predicted molar refractivity (Wildman–Crippen MR) is 56.9 cm³/mol. The highest BCUT2D eigenvalue weighted by Gasteiger charge is 2.42. The van der Waals surface area contributed by atoms with Crippen LogP contribution < -0.4 is 0 Å². The van der Waals surface area contributed by atoms with Crippen molar-refractivity contribution in [2.24, 2.45) is 5.92 Å². The summed E-state index contributed by atoms with van der Waals surface area (Å²) in [5.74, 6) is 0.145. The van der Waals surface area contributed by atoms with Gasteiger partial charge in [0.05, 0.1) is 5.25 Å². The number of nitrogens with zero attached hydrogens (tertiary/aromatic N) is 1. The fourth-order valence-electron chi connectivity index (χ4n) is 2.04. The van der Waals surface area contributed by atoms with E-state index in [-0.39, 0.29) is 17.0 Å². The van der Waals surface area contributed by atoms with Crippen LogP contribution in [-0.4, -0.2) is 36.8 Å². The van der Waals surface area contributed by atoms with Gasteiger partial charge in [0.15, 0.2) is 0 Å². The van der Waals surface area contributed by atoms with E-state index in [0.717, 1.165) is 19.3 Å². The molecule has 0 radical (unpaired) electrons. The van der Waals surface area contributed by atoms with Crippen LogP contribution >= 0.6 is 0 Å². The predicted octanol–water partition coefficient (Wildman–Crippen LogP) is 0.780. The van der Waals surface area contributed by atoms with Crippen molar-refractivity contribution in [2.75, 3.05) is 13.1 Å². The lowest BCUT2D eigenvalue weighted by molar-refractivity contribution is -0.125. The maximum atomic E-state index is 11.9. The summed E-state index contributed by atoms with van der Waals surface area (Å²) in [6, 6.07) is 0. The number of rotatable bonds is 3. The first-order valence-corrected chi connectivity index (χ1v) is 7.07. The molecule has 0 N–H and O–H groups in total. The van der Waals surface area contributed by atoms with Gasteiger partial charge in [-0.25, -0.2) is 12.7 Å². The molecule has 5 heteroatoms. The quantitative estimate of drug-likeness (QED) is 0.721. The molecule has 0 aromatic heterocycles. The summed E-state index contributed by atoms with van der Waals surface area (Å²) in [6.07, 6.45) is 2.73. The molecule has 1 unspecified atom stereocenters.